The molecule has 1 aliphatic carbocycles. The van der Waals surface area contributed by atoms with Crippen LogP contribution in [0.4, 0.5) is 5.69 Å². The molecule has 1 aromatic carbocycles. The Morgan fingerprint density at radius 2 is 2.15 bits per heavy atom. The number of nitrogen functional groups attached to an aromatic ring is 1. The zero-order chi connectivity index (χ0) is 14.4. The lowest BCUT2D eigenvalue weighted by molar-refractivity contribution is -0.133. The van der Waals surface area contributed by atoms with Gasteiger partial charge in [-0.25, -0.2) is 0 Å². The van der Waals surface area contributed by atoms with Crippen molar-refractivity contribution in [3.8, 4) is 5.75 Å². The van der Waals surface area contributed by atoms with Crippen molar-refractivity contribution in [3.05, 3.63) is 24.3 Å². The molecule has 0 unspecified atom stereocenters. The fraction of sp³-hybridized carbons (Fsp3) is 0.562. The lowest BCUT2D eigenvalue weighted by atomic mass is 10.2. The van der Waals surface area contributed by atoms with Gasteiger partial charge in [-0.15, -0.1) is 0 Å². The van der Waals surface area contributed by atoms with Crippen molar-refractivity contribution in [2.75, 3.05) is 18.9 Å². The van der Waals surface area contributed by atoms with E-state index in [1.807, 2.05) is 23.1 Å². The van der Waals surface area contributed by atoms with E-state index >= 15 is 0 Å². The number of nitrogens with two attached hydrogens (primary N) is 1. The first-order chi connectivity index (χ1) is 9.70. The Kier molecular flexibility index (Phi) is 5.27. The molecule has 2 rings (SSSR count). The Hall–Kier alpha value is -1.71. The molecular formula is C16H24N2O2. The van der Waals surface area contributed by atoms with Crippen molar-refractivity contribution in [3.63, 3.8) is 0 Å². The van der Waals surface area contributed by atoms with Crippen LogP contribution in [0.25, 0.3) is 0 Å². The maximum absolute atomic E-state index is 12.2. The second-order valence-electron chi connectivity index (χ2n) is 5.29. The van der Waals surface area contributed by atoms with Crippen molar-refractivity contribution < 1.29 is 9.53 Å². The van der Waals surface area contributed by atoms with Gasteiger partial charge in [-0.1, -0.05) is 18.9 Å². The Morgan fingerprint density at radius 3 is 2.80 bits per heavy atom. The molecular weight excluding hydrogens is 252 g/mol. The van der Waals surface area contributed by atoms with Crippen molar-refractivity contribution in [1.29, 1.82) is 0 Å². The molecule has 0 atom stereocenters. The molecule has 0 aliphatic heterocycles. The standard InChI is InChI=1S/C16H24N2O2/c1-2-18(14-7-3-4-8-14)16(19)10-11-20-15-9-5-6-13(17)12-15/h5-6,9,12,14H,2-4,7-8,10-11,17H2,1H3. The van der Waals surface area contributed by atoms with Gasteiger partial charge in [0.1, 0.15) is 5.75 Å². The number of nitrogens with zero attached hydrogens (tertiary/aromatic N) is 1. The zero-order valence-electron chi connectivity index (χ0n) is 12.2. The van der Waals surface area contributed by atoms with E-state index < -0.39 is 0 Å². The first-order valence-electron chi connectivity index (χ1n) is 7.48. The highest BCUT2D eigenvalue weighted by Gasteiger charge is 2.24. The van der Waals surface area contributed by atoms with Gasteiger partial charge >= 0.3 is 0 Å². The van der Waals surface area contributed by atoms with Gasteiger partial charge in [0.15, 0.2) is 0 Å². The zero-order valence-corrected chi connectivity index (χ0v) is 12.2. The first-order valence-corrected chi connectivity index (χ1v) is 7.48. The van der Waals surface area contributed by atoms with Crippen molar-refractivity contribution in [1.82, 2.24) is 4.90 Å². The molecule has 2 N–H and O–H groups in total. The van der Waals surface area contributed by atoms with Crippen molar-refractivity contribution in [2.24, 2.45) is 0 Å². The molecule has 20 heavy (non-hydrogen) atoms. The minimum Gasteiger partial charge on any atom is -0.493 e. The molecule has 0 aromatic heterocycles. The Balaban J connectivity index is 1.79. The van der Waals surface area contributed by atoms with Crippen LogP contribution in [0.2, 0.25) is 0 Å². The largest absolute Gasteiger partial charge is 0.493 e. The van der Waals surface area contributed by atoms with E-state index in [0.29, 0.717) is 24.8 Å². The van der Waals surface area contributed by atoms with Crippen LogP contribution in [0, 0.1) is 0 Å². The average molecular weight is 276 g/mol. The van der Waals surface area contributed by atoms with Crippen molar-refractivity contribution in [2.45, 2.75) is 45.1 Å². The Labute approximate surface area is 120 Å². The van der Waals surface area contributed by atoms with Gasteiger partial charge in [0.05, 0.1) is 13.0 Å². The number of anilines is 1. The summed E-state index contributed by atoms with van der Waals surface area (Å²) >= 11 is 0. The van der Waals surface area contributed by atoms with Crippen LogP contribution >= 0.6 is 0 Å². The van der Waals surface area contributed by atoms with Crippen LogP contribution in [0.1, 0.15) is 39.0 Å². The molecule has 1 aromatic rings. The van der Waals surface area contributed by atoms with Gasteiger partial charge in [0.2, 0.25) is 5.91 Å². The normalized spacial score (nSPS) is 15.2. The number of rotatable bonds is 6. The lowest BCUT2D eigenvalue weighted by Gasteiger charge is -2.27. The molecule has 0 saturated heterocycles. The summed E-state index contributed by atoms with van der Waals surface area (Å²) in [6, 6.07) is 7.74. The van der Waals surface area contributed by atoms with Crippen LogP contribution in [0.15, 0.2) is 24.3 Å². The smallest absolute Gasteiger partial charge is 0.226 e. The third-order valence-electron chi connectivity index (χ3n) is 3.87. The molecule has 0 spiro atoms. The maximum atomic E-state index is 12.2. The summed E-state index contributed by atoms with van der Waals surface area (Å²) in [5, 5.41) is 0. The van der Waals surface area contributed by atoms with Gasteiger partial charge in [-0.3, -0.25) is 4.79 Å². The Morgan fingerprint density at radius 1 is 1.40 bits per heavy atom. The number of hydrogen-bond acceptors (Lipinski definition) is 3. The van der Waals surface area contributed by atoms with E-state index in [1.54, 1.807) is 6.07 Å². The number of hydrogen-bond donors (Lipinski definition) is 1. The summed E-state index contributed by atoms with van der Waals surface area (Å²) < 4.78 is 5.59. The SMILES string of the molecule is CCN(C(=O)CCOc1cccc(N)c1)C1CCCC1. The van der Waals surface area contributed by atoms with Crippen LogP contribution in [0.5, 0.6) is 5.75 Å². The van der Waals surface area contributed by atoms with E-state index in [1.165, 1.54) is 12.8 Å². The Bertz CT molecular complexity index is 442. The number of amides is 1. The second-order valence-corrected chi connectivity index (χ2v) is 5.29. The van der Waals surface area contributed by atoms with Gasteiger partial charge in [-0.05, 0) is 31.9 Å². The van der Waals surface area contributed by atoms with E-state index in [0.717, 1.165) is 25.1 Å². The molecule has 1 aliphatic rings. The first kappa shape index (κ1) is 14.7. The number of carbonyl (C=O) groups is 1. The minimum absolute atomic E-state index is 0.198. The van der Waals surface area contributed by atoms with Crippen LogP contribution in [-0.4, -0.2) is 30.0 Å². The van der Waals surface area contributed by atoms with Crippen molar-refractivity contribution >= 4 is 11.6 Å². The quantitative estimate of drug-likeness (QED) is 0.813. The molecule has 1 saturated carbocycles. The third-order valence-corrected chi connectivity index (χ3v) is 3.87. The topological polar surface area (TPSA) is 55.6 Å². The molecule has 0 radical (unpaired) electrons. The summed E-state index contributed by atoms with van der Waals surface area (Å²) in [4.78, 5) is 14.2. The molecule has 110 valence electrons. The van der Waals surface area contributed by atoms with E-state index in [9.17, 15) is 4.79 Å². The van der Waals surface area contributed by atoms with Gasteiger partial charge in [0.25, 0.3) is 0 Å². The predicted octanol–water partition coefficient (Wildman–Crippen LogP) is 2.83. The second kappa shape index (κ2) is 7.17. The number of ether oxygens (including phenoxy) is 1. The summed E-state index contributed by atoms with van der Waals surface area (Å²) in [6.07, 6.45) is 5.22. The maximum Gasteiger partial charge on any atom is 0.226 e. The number of benzene rings is 1. The summed E-state index contributed by atoms with van der Waals surface area (Å²) in [5.74, 6) is 0.921. The molecule has 1 amide bonds. The molecule has 4 heteroatoms. The highest BCUT2D eigenvalue weighted by molar-refractivity contribution is 5.76. The summed E-state index contributed by atoms with van der Waals surface area (Å²) in [7, 11) is 0. The van der Waals surface area contributed by atoms with E-state index in [4.69, 9.17) is 10.5 Å². The molecule has 0 heterocycles. The average Bonchev–Trinajstić information content (AvgIpc) is 2.93. The van der Waals surface area contributed by atoms with Crippen LogP contribution in [0.3, 0.4) is 0 Å². The third kappa shape index (κ3) is 3.89. The van der Waals surface area contributed by atoms with Gasteiger partial charge in [0, 0.05) is 24.3 Å². The van der Waals surface area contributed by atoms with Crippen LogP contribution in [-0.2, 0) is 4.79 Å². The number of carbonyl (C=O) groups excluding carboxylic acids is 1. The van der Waals surface area contributed by atoms with Crippen LogP contribution < -0.4 is 10.5 Å². The summed E-state index contributed by atoms with van der Waals surface area (Å²) in [6.45, 7) is 3.25. The molecule has 1 fully saturated rings. The fourth-order valence-electron chi connectivity index (χ4n) is 2.86. The monoisotopic (exact) mass is 276 g/mol. The molecule has 4 nitrogen and oxygen atoms in total. The van der Waals surface area contributed by atoms with Gasteiger partial charge < -0.3 is 15.4 Å². The highest BCUT2D eigenvalue weighted by atomic mass is 16.5. The molecule has 0 bridgehead atoms. The minimum atomic E-state index is 0.198. The van der Waals surface area contributed by atoms with Gasteiger partial charge in [-0.2, -0.15) is 0 Å². The highest BCUT2D eigenvalue weighted by Crippen LogP contribution is 2.24. The fourth-order valence-corrected chi connectivity index (χ4v) is 2.86. The van der Waals surface area contributed by atoms with E-state index in [-0.39, 0.29) is 5.91 Å². The summed E-state index contributed by atoms with van der Waals surface area (Å²) in [5.41, 5.74) is 6.36. The van der Waals surface area contributed by atoms with E-state index in [2.05, 4.69) is 6.92 Å². The lowest BCUT2D eigenvalue weighted by Crippen LogP contribution is -2.39. The predicted molar refractivity (Wildman–Crippen MR) is 80.6 cm³/mol.